The summed E-state index contributed by atoms with van der Waals surface area (Å²) in [4.78, 5) is 38.8. The van der Waals surface area contributed by atoms with Crippen LogP contribution in [0.2, 0.25) is 0 Å². The summed E-state index contributed by atoms with van der Waals surface area (Å²) in [7, 11) is -4.73. The van der Waals surface area contributed by atoms with Crippen molar-refractivity contribution in [2.24, 2.45) is 5.92 Å². The molecule has 2 heterocycles. The summed E-state index contributed by atoms with van der Waals surface area (Å²) in [5.41, 5.74) is 0.884. The minimum atomic E-state index is -4.73. The second-order valence-electron chi connectivity index (χ2n) is 7.54. The highest BCUT2D eigenvalue weighted by Crippen LogP contribution is 2.47. The number of carbonyl (C=O) groups excluding carboxylic acids is 3. The van der Waals surface area contributed by atoms with Crippen LogP contribution < -0.4 is 5.32 Å². The molecule has 2 N–H and O–H groups in total. The second-order valence-corrected chi connectivity index (χ2v) is 10.7. The van der Waals surface area contributed by atoms with Gasteiger partial charge in [0.2, 0.25) is 11.8 Å². The van der Waals surface area contributed by atoms with E-state index in [9.17, 15) is 22.8 Å². The molecule has 0 aliphatic carbocycles. The van der Waals surface area contributed by atoms with Crippen molar-refractivity contribution in [2.75, 3.05) is 12.3 Å². The Bertz CT molecular complexity index is 1070. The number of thioether (sulfide) groups is 1. The van der Waals surface area contributed by atoms with Crippen molar-refractivity contribution in [1.82, 2.24) is 10.2 Å². The Hall–Kier alpha value is -1.93. The first-order valence-corrected chi connectivity index (χ1v) is 13.1. The van der Waals surface area contributed by atoms with Crippen molar-refractivity contribution in [1.29, 1.82) is 0 Å². The second kappa shape index (κ2) is 10.6. The Morgan fingerprint density at radius 2 is 2.00 bits per heavy atom. The van der Waals surface area contributed by atoms with Crippen molar-refractivity contribution in [2.45, 2.75) is 39.0 Å². The minimum Gasteiger partial charge on any atom is -0.456 e. The summed E-state index contributed by atoms with van der Waals surface area (Å²) in [6.45, 7) is 3.16. The number of halogens is 1. The zero-order chi connectivity index (χ0) is 24.3. The van der Waals surface area contributed by atoms with Crippen LogP contribution in [-0.2, 0) is 40.3 Å². The van der Waals surface area contributed by atoms with E-state index in [2.05, 4.69) is 25.4 Å². The molecule has 0 unspecified atom stereocenters. The highest BCUT2D eigenvalue weighted by atomic mass is 79.9. The molecular weight excluding hydrogens is 540 g/mol. The van der Waals surface area contributed by atoms with E-state index in [4.69, 9.17) is 9.29 Å². The van der Waals surface area contributed by atoms with Gasteiger partial charge < -0.3 is 15.0 Å². The summed E-state index contributed by atoms with van der Waals surface area (Å²) >= 11 is 4.66. The molecular formula is C20H23BrN2O8S2. The van der Waals surface area contributed by atoms with E-state index in [0.29, 0.717) is 23.6 Å². The van der Waals surface area contributed by atoms with E-state index < -0.39 is 40.3 Å². The standard InChI is InChI=1S/C20H23BrN2O8S2/c1-11(31-33(27,28)29)17-15-9-16(32-8-7-22-12(2)24)18(23(15)19(17)25)20(26)30-10-13-3-5-14(21)6-4-13/h3-6,11,15,17H,7-10H2,1-2H3,(H,22,24)(H,27,28,29)/t11-,15+,17-/m0/s1. The number of β-lactam (4-membered cyclic amide) rings is 1. The zero-order valence-corrected chi connectivity index (χ0v) is 21.0. The van der Waals surface area contributed by atoms with Gasteiger partial charge in [0, 0.05) is 35.0 Å². The molecule has 0 aromatic heterocycles. The molecule has 10 nitrogen and oxygen atoms in total. The predicted octanol–water partition coefficient (Wildman–Crippen LogP) is 2.01. The van der Waals surface area contributed by atoms with Crippen LogP contribution in [0.1, 0.15) is 25.8 Å². The Kier molecular flexibility index (Phi) is 8.22. The predicted molar refractivity (Wildman–Crippen MR) is 123 cm³/mol. The van der Waals surface area contributed by atoms with Gasteiger partial charge in [-0.3, -0.25) is 14.1 Å². The third kappa shape index (κ3) is 6.35. The van der Waals surface area contributed by atoms with Gasteiger partial charge in [-0.1, -0.05) is 28.1 Å². The van der Waals surface area contributed by atoms with E-state index in [1.54, 1.807) is 12.1 Å². The van der Waals surface area contributed by atoms with E-state index in [0.717, 1.165) is 10.0 Å². The molecule has 2 amide bonds. The largest absolute Gasteiger partial charge is 0.456 e. The lowest BCUT2D eigenvalue weighted by Crippen LogP contribution is -2.62. The summed E-state index contributed by atoms with van der Waals surface area (Å²) < 4.78 is 42.0. The van der Waals surface area contributed by atoms with Crippen LogP contribution >= 0.6 is 27.7 Å². The average molecular weight is 563 g/mol. The molecule has 1 aromatic rings. The molecule has 33 heavy (non-hydrogen) atoms. The fourth-order valence-electron chi connectivity index (χ4n) is 3.79. The number of nitrogens with one attached hydrogen (secondary N) is 1. The molecule has 0 saturated carbocycles. The van der Waals surface area contributed by atoms with Crippen LogP contribution in [-0.4, -0.2) is 60.1 Å². The number of hydrogen-bond donors (Lipinski definition) is 2. The number of rotatable bonds is 10. The molecule has 2 aliphatic heterocycles. The normalized spacial score (nSPS) is 20.8. The lowest BCUT2D eigenvalue weighted by atomic mass is 9.83. The average Bonchev–Trinajstić information content (AvgIpc) is 3.03. The third-order valence-electron chi connectivity index (χ3n) is 5.18. The fraction of sp³-hybridized carbons (Fsp3) is 0.450. The molecule has 0 bridgehead atoms. The molecule has 3 rings (SSSR count). The summed E-state index contributed by atoms with van der Waals surface area (Å²) in [5, 5.41) is 2.67. The molecule has 0 spiro atoms. The first-order valence-electron chi connectivity index (χ1n) is 9.98. The summed E-state index contributed by atoms with van der Waals surface area (Å²) in [5.74, 6) is -1.70. The van der Waals surface area contributed by atoms with Gasteiger partial charge in [0.05, 0.1) is 18.1 Å². The molecule has 2 aliphatic rings. The number of carbonyl (C=O) groups is 3. The molecule has 13 heteroatoms. The molecule has 1 aromatic carbocycles. The molecule has 1 saturated heterocycles. The topological polar surface area (TPSA) is 139 Å². The number of amides is 2. The van der Waals surface area contributed by atoms with Gasteiger partial charge in [0.15, 0.2) is 0 Å². The maximum atomic E-state index is 12.9. The number of hydrogen-bond acceptors (Lipinski definition) is 8. The first kappa shape index (κ1) is 25.7. The highest BCUT2D eigenvalue weighted by Gasteiger charge is 2.58. The number of nitrogens with zero attached hydrogens (tertiary/aromatic N) is 1. The van der Waals surface area contributed by atoms with Gasteiger partial charge in [-0.2, -0.15) is 8.42 Å². The van der Waals surface area contributed by atoms with Gasteiger partial charge >= 0.3 is 16.4 Å². The highest BCUT2D eigenvalue weighted by molar-refractivity contribution is 9.10. The molecule has 3 atom stereocenters. The quantitative estimate of drug-likeness (QED) is 0.189. The lowest BCUT2D eigenvalue weighted by molar-refractivity contribution is -0.161. The Labute approximate surface area is 204 Å². The van der Waals surface area contributed by atoms with Crippen molar-refractivity contribution in [3.8, 4) is 0 Å². The lowest BCUT2D eigenvalue weighted by Gasteiger charge is -2.45. The number of benzene rings is 1. The zero-order valence-electron chi connectivity index (χ0n) is 17.8. The summed E-state index contributed by atoms with van der Waals surface area (Å²) in [6, 6.07) is 6.74. The van der Waals surface area contributed by atoms with E-state index >= 15 is 0 Å². The molecule has 0 radical (unpaired) electrons. The van der Waals surface area contributed by atoms with Crippen LogP contribution in [0.25, 0.3) is 0 Å². The maximum Gasteiger partial charge on any atom is 0.397 e. The van der Waals surface area contributed by atoms with Gasteiger partial charge in [-0.15, -0.1) is 11.8 Å². The van der Waals surface area contributed by atoms with Gasteiger partial charge in [0.25, 0.3) is 0 Å². The van der Waals surface area contributed by atoms with Crippen LogP contribution in [0.5, 0.6) is 0 Å². The minimum absolute atomic E-state index is 0.0118. The molecule has 180 valence electrons. The van der Waals surface area contributed by atoms with Gasteiger partial charge in [-0.25, -0.2) is 8.98 Å². The monoisotopic (exact) mass is 562 g/mol. The van der Waals surface area contributed by atoms with Crippen molar-refractivity contribution >= 4 is 55.9 Å². The van der Waals surface area contributed by atoms with Crippen molar-refractivity contribution < 1.29 is 36.3 Å². The maximum absolute atomic E-state index is 12.9. The Morgan fingerprint density at radius 3 is 2.61 bits per heavy atom. The summed E-state index contributed by atoms with van der Waals surface area (Å²) in [6.07, 6.45) is -0.791. The van der Waals surface area contributed by atoms with Crippen LogP contribution in [0, 0.1) is 5.92 Å². The number of esters is 1. The van der Waals surface area contributed by atoms with E-state index in [1.807, 2.05) is 12.1 Å². The van der Waals surface area contributed by atoms with Gasteiger partial charge in [-0.05, 0) is 24.6 Å². The van der Waals surface area contributed by atoms with E-state index in [1.165, 1.54) is 30.5 Å². The van der Waals surface area contributed by atoms with Gasteiger partial charge in [0.1, 0.15) is 12.3 Å². The Morgan fingerprint density at radius 1 is 1.33 bits per heavy atom. The smallest absolute Gasteiger partial charge is 0.397 e. The van der Waals surface area contributed by atoms with Crippen molar-refractivity contribution in [3.05, 3.63) is 44.9 Å². The fourth-order valence-corrected chi connectivity index (χ4v) is 5.61. The van der Waals surface area contributed by atoms with E-state index in [-0.39, 0.29) is 18.2 Å². The number of ether oxygens (including phenoxy) is 1. The van der Waals surface area contributed by atoms with Crippen molar-refractivity contribution in [3.63, 3.8) is 0 Å². The number of fused-ring (bicyclic) bond motifs is 1. The third-order valence-corrected chi connectivity index (χ3v) is 7.37. The van der Waals surface area contributed by atoms with Crippen LogP contribution in [0.4, 0.5) is 0 Å². The SMILES string of the molecule is CC(=O)NCCSC1=C(C(=O)OCc2ccc(Br)cc2)N2C(=O)[C@@H]([C@H](C)OS(=O)(=O)O)[C@H]2C1. The van der Waals surface area contributed by atoms with Crippen LogP contribution in [0.15, 0.2) is 39.3 Å². The Balaban J connectivity index is 1.74. The first-order chi connectivity index (χ1) is 15.5. The van der Waals surface area contributed by atoms with Crippen LogP contribution in [0.3, 0.4) is 0 Å². The molecule has 1 fully saturated rings.